The summed E-state index contributed by atoms with van der Waals surface area (Å²) in [5.74, 6) is 0.214. The van der Waals surface area contributed by atoms with Crippen LogP contribution >= 0.6 is 0 Å². The van der Waals surface area contributed by atoms with Crippen LogP contribution in [0.1, 0.15) is 43.2 Å². The van der Waals surface area contributed by atoms with Crippen molar-refractivity contribution in [2.24, 2.45) is 0 Å². The van der Waals surface area contributed by atoms with Gasteiger partial charge in [0, 0.05) is 5.39 Å². The molecular formula is C25H28BNO6. The minimum absolute atomic E-state index is 0.0944. The summed E-state index contributed by atoms with van der Waals surface area (Å²) in [6.45, 7) is 0.535. The van der Waals surface area contributed by atoms with Gasteiger partial charge < -0.3 is 29.3 Å². The molecule has 1 spiro atoms. The molecule has 2 heterocycles. The lowest BCUT2D eigenvalue weighted by Gasteiger charge is -2.41. The second-order valence-electron chi connectivity index (χ2n) is 9.14. The zero-order chi connectivity index (χ0) is 22.8. The summed E-state index contributed by atoms with van der Waals surface area (Å²) < 4.78 is 17.9. The zero-order valence-electron chi connectivity index (χ0n) is 18.5. The number of carbonyl (C=O) groups excluding carboxylic acids is 1. The van der Waals surface area contributed by atoms with E-state index < -0.39 is 13.1 Å². The van der Waals surface area contributed by atoms with E-state index in [0.29, 0.717) is 12.4 Å². The van der Waals surface area contributed by atoms with Crippen molar-refractivity contribution < 1.29 is 28.7 Å². The minimum Gasteiger partial charge on any atom is -0.486 e. The van der Waals surface area contributed by atoms with E-state index in [1.54, 1.807) is 6.26 Å². The average molecular weight is 449 g/mol. The highest BCUT2D eigenvalue weighted by Crippen LogP contribution is 2.42. The Labute approximate surface area is 192 Å². The quantitative estimate of drug-likeness (QED) is 0.500. The molecule has 0 saturated heterocycles. The molecule has 172 valence electrons. The first kappa shape index (κ1) is 21.9. The van der Waals surface area contributed by atoms with Gasteiger partial charge in [0.1, 0.15) is 17.8 Å². The van der Waals surface area contributed by atoms with Crippen LogP contribution < -0.4 is 14.8 Å². The number of furan rings is 1. The molecule has 33 heavy (non-hydrogen) atoms. The predicted octanol–water partition coefficient (Wildman–Crippen LogP) is 3.19. The average Bonchev–Trinajstić information content (AvgIpc) is 3.22. The van der Waals surface area contributed by atoms with Gasteiger partial charge in [0.2, 0.25) is 5.91 Å². The Morgan fingerprint density at radius 3 is 2.73 bits per heavy atom. The van der Waals surface area contributed by atoms with Gasteiger partial charge in [-0.3, -0.25) is 4.79 Å². The summed E-state index contributed by atoms with van der Waals surface area (Å²) >= 11 is 0. The van der Waals surface area contributed by atoms with E-state index in [0.717, 1.165) is 53.5 Å². The normalized spacial score (nSPS) is 17.6. The van der Waals surface area contributed by atoms with E-state index in [1.807, 2.05) is 42.5 Å². The van der Waals surface area contributed by atoms with Gasteiger partial charge >= 0.3 is 7.12 Å². The number of carbonyl (C=O) groups is 1. The lowest BCUT2D eigenvalue weighted by molar-refractivity contribution is -0.120. The van der Waals surface area contributed by atoms with E-state index in [9.17, 15) is 14.8 Å². The Hall–Kier alpha value is -2.97. The molecule has 0 bridgehead atoms. The van der Waals surface area contributed by atoms with Gasteiger partial charge in [-0.15, -0.1) is 0 Å². The molecule has 3 N–H and O–H groups in total. The second kappa shape index (κ2) is 9.12. The van der Waals surface area contributed by atoms with E-state index in [2.05, 4.69) is 5.32 Å². The molecule has 1 aliphatic carbocycles. The molecule has 1 saturated carbocycles. The van der Waals surface area contributed by atoms with Crippen LogP contribution in [0.4, 0.5) is 0 Å². The number of hydrogen-bond acceptors (Lipinski definition) is 6. The zero-order valence-corrected chi connectivity index (χ0v) is 18.5. The third kappa shape index (κ3) is 4.72. The Morgan fingerprint density at radius 2 is 1.91 bits per heavy atom. The van der Waals surface area contributed by atoms with Crippen molar-refractivity contribution in [2.45, 2.75) is 56.5 Å². The summed E-state index contributed by atoms with van der Waals surface area (Å²) in [5.41, 5.74) is 2.08. The molecule has 1 aromatic heterocycles. The molecule has 0 radical (unpaired) electrons. The fourth-order valence-corrected chi connectivity index (χ4v) is 4.88. The Bertz CT molecular complexity index is 1140. The van der Waals surface area contributed by atoms with E-state index in [-0.39, 0.29) is 24.3 Å². The largest absolute Gasteiger partial charge is 0.486 e. The van der Waals surface area contributed by atoms with Crippen LogP contribution in [0, 0.1) is 0 Å². The molecule has 2 aliphatic rings. The van der Waals surface area contributed by atoms with E-state index >= 15 is 0 Å². The minimum atomic E-state index is -1.70. The molecular weight excluding hydrogens is 421 g/mol. The second-order valence-corrected chi connectivity index (χ2v) is 9.14. The topological polar surface area (TPSA) is 101 Å². The van der Waals surface area contributed by atoms with Crippen molar-refractivity contribution in [2.75, 3.05) is 6.61 Å². The number of ether oxygens (including phenoxy) is 2. The molecule has 1 atom stereocenters. The number of nitrogens with one attached hydrogen (secondary N) is 1. The first-order valence-electron chi connectivity index (χ1n) is 11.6. The number of fused-ring (bicyclic) bond motifs is 2. The third-order valence-corrected chi connectivity index (χ3v) is 6.66. The molecule has 2 aromatic carbocycles. The van der Waals surface area contributed by atoms with Gasteiger partial charge in [-0.1, -0.05) is 30.7 Å². The van der Waals surface area contributed by atoms with Crippen molar-refractivity contribution in [3.63, 3.8) is 0 Å². The molecule has 8 heteroatoms. The maximum Gasteiger partial charge on any atom is 0.475 e. The van der Waals surface area contributed by atoms with Crippen LogP contribution in [0.2, 0.25) is 0 Å². The fraction of sp³-hybridized carbons (Fsp3) is 0.400. The number of rotatable bonds is 6. The van der Waals surface area contributed by atoms with Gasteiger partial charge in [0.05, 0.1) is 18.6 Å². The first-order valence-corrected chi connectivity index (χ1v) is 11.6. The van der Waals surface area contributed by atoms with Crippen LogP contribution in [0.25, 0.3) is 11.0 Å². The first-order chi connectivity index (χ1) is 16.0. The lowest BCUT2D eigenvalue weighted by Crippen LogP contribution is -2.48. The van der Waals surface area contributed by atoms with Crippen molar-refractivity contribution >= 4 is 24.0 Å². The number of hydrogen-bond donors (Lipinski definition) is 3. The lowest BCUT2D eigenvalue weighted by atomic mass is 9.75. The molecule has 3 aromatic rings. The molecule has 1 aliphatic heterocycles. The summed E-state index contributed by atoms with van der Waals surface area (Å²) in [7, 11) is -1.70. The maximum atomic E-state index is 12.7. The summed E-state index contributed by atoms with van der Waals surface area (Å²) in [6.07, 6.45) is 7.49. The van der Waals surface area contributed by atoms with Crippen LogP contribution in [-0.2, 0) is 17.6 Å². The highest BCUT2D eigenvalue weighted by molar-refractivity contribution is 6.43. The molecule has 0 unspecified atom stereocenters. The predicted molar refractivity (Wildman–Crippen MR) is 124 cm³/mol. The highest BCUT2D eigenvalue weighted by atomic mass is 16.6. The Morgan fingerprint density at radius 1 is 1.09 bits per heavy atom. The maximum absolute atomic E-state index is 12.7. The van der Waals surface area contributed by atoms with Gasteiger partial charge in [-0.2, -0.15) is 0 Å². The van der Waals surface area contributed by atoms with E-state index in [4.69, 9.17) is 13.9 Å². The van der Waals surface area contributed by atoms with Crippen molar-refractivity contribution in [1.29, 1.82) is 0 Å². The Balaban J connectivity index is 1.23. The highest BCUT2D eigenvalue weighted by Gasteiger charge is 2.39. The number of benzene rings is 2. The smallest absolute Gasteiger partial charge is 0.475 e. The SMILES string of the molecule is O=C(Cc1ccc2c(c1)OCC1(CCCCC1)O2)N[C@@H](Cc1coc2ccccc12)B(O)O. The fourth-order valence-electron chi connectivity index (χ4n) is 4.88. The van der Waals surface area contributed by atoms with Crippen molar-refractivity contribution in [3.8, 4) is 11.5 Å². The standard InChI is InChI=1S/C25H28BNO6/c28-24(27-23(26(29)30)14-18-15-31-20-7-3-2-6-19(18)20)13-17-8-9-21-22(12-17)32-16-25(33-21)10-4-1-5-11-25/h2-3,6-9,12,15,23,29-30H,1,4-5,10-11,13-14,16H2,(H,27,28)/t23-/m0/s1. The molecule has 7 nitrogen and oxygen atoms in total. The van der Waals surface area contributed by atoms with Gasteiger partial charge in [-0.25, -0.2) is 0 Å². The third-order valence-electron chi connectivity index (χ3n) is 6.66. The number of amides is 1. The molecule has 5 rings (SSSR count). The summed E-state index contributed by atoms with van der Waals surface area (Å²) in [5, 5.41) is 23.3. The molecule has 1 amide bonds. The van der Waals surface area contributed by atoms with Crippen LogP contribution in [-0.4, -0.2) is 41.2 Å². The van der Waals surface area contributed by atoms with Crippen molar-refractivity contribution in [3.05, 3.63) is 59.9 Å². The van der Waals surface area contributed by atoms with Crippen LogP contribution in [0.3, 0.4) is 0 Å². The number of para-hydroxylation sites is 1. The van der Waals surface area contributed by atoms with Gasteiger partial charge in [0.15, 0.2) is 11.5 Å². The van der Waals surface area contributed by atoms with Crippen LogP contribution in [0.15, 0.2) is 53.1 Å². The van der Waals surface area contributed by atoms with Crippen molar-refractivity contribution in [1.82, 2.24) is 5.32 Å². The molecule has 1 fully saturated rings. The summed E-state index contributed by atoms with van der Waals surface area (Å²) in [6, 6.07) is 13.1. The Kier molecular flexibility index (Phi) is 6.04. The van der Waals surface area contributed by atoms with E-state index in [1.165, 1.54) is 6.42 Å². The monoisotopic (exact) mass is 449 g/mol. The summed E-state index contributed by atoms with van der Waals surface area (Å²) in [4.78, 5) is 12.7. The van der Waals surface area contributed by atoms with Crippen LogP contribution in [0.5, 0.6) is 11.5 Å². The van der Waals surface area contributed by atoms with Gasteiger partial charge in [0.25, 0.3) is 0 Å². The van der Waals surface area contributed by atoms with Gasteiger partial charge in [-0.05, 0) is 61.4 Å².